The number of hydrogen-bond donors (Lipinski definition) is 0. The van der Waals surface area contributed by atoms with Crippen LogP contribution in [0.5, 0.6) is 0 Å². The quantitative estimate of drug-likeness (QED) is 0.560. The zero-order valence-corrected chi connectivity index (χ0v) is 11.7. The van der Waals surface area contributed by atoms with E-state index in [0.717, 1.165) is 0 Å². The topological polar surface area (TPSA) is 44.8 Å². The number of carbonyl (C=O) groups is 1. The molecule has 1 aliphatic heterocycles. The van der Waals surface area contributed by atoms with Crippen LogP contribution in [0.15, 0.2) is 12.2 Å². The summed E-state index contributed by atoms with van der Waals surface area (Å²) < 4.78 is 16.7. The maximum absolute atomic E-state index is 12.0. The van der Waals surface area contributed by atoms with Crippen LogP contribution in [-0.2, 0) is 19.0 Å². The van der Waals surface area contributed by atoms with Crippen molar-refractivity contribution in [1.82, 2.24) is 0 Å². The predicted octanol–water partition coefficient (Wildman–Crippen LogP) is 2.28. The van der Waals surface area contributed by atoms with Gasteiger partial charge in [-0.15, -0.1) is 0 Å². The Hall–Kier alpha value is -0.870. The lowest BCUT2D eigenvalue weighted by Gasteiger charge is -2.33. The third-order valence-electron chi connectivity index (χ3n) is 3.09. The van der Waals surface area contributed by atoms with E-state index in [0.29, 0.717) is 6.61 Å². The molecule has 0 unspecified atom stereocenters. The van der Waals surface area contributed by atoms with Crippen molar-refractivity contribution < 1.29 is 19.0 Å². The zero-order valence-electron chi connectivity index (χ0n) is 11.7. The van der Waals surface area contributed by atoms with Gasteiger partial charge < -0.3 is 14.2 Å². The van der Waals surface area contributed by atoms with E-state index in [2.05, 4.69) is 0 Å². The minimum Gasteiger partial charge on any atom is -0.459 e. The second-order valence-corrected chi connectivity index (χ2v) is 6.39. The molecule has 1 fully saturated rings. The second kappa shape index (κ2) is 4.35. The fourth-order valence-corrected chi connectivity index (χ4v) is 2.22. The lowest BCUT2D eigenvalue weighted by molar-refractivity contribution is -0.166. The van der Waals surface area contributed by atoms with E-state index in [1.54, 1.807) is 0 Å². The van der Waals surface area contributed by atoms with Crippen LogP contribution in [0.3, 0.4) is 0 Å². The highest BCUT2D eigenvalue weighted by Gasteiger charge is 2.45. The van der Waals surface area contributed by atoms with E-state index < -0.39 is 11.4 Å². The molecule has 1 aliphatic carbocycles. The van der Waals surface area contributed by atoms with E-state index >= 15 is 0 Å². The molecule has 0 amide bonds. The first kappa shape index (κ1) is 13.6. The lowest BCUT2D eigenvalue weighted by atomic mass is 9.78. The Morgan fingerprint density at radius 1 is 1.33 bits per heavy atom. The Morgan fingerprint density at radius 3 is 2.39 bits per heavy atom. The van der Waals surface area contributed by atoms with E-state index in [4.69, 9.17) is 14.2 Å². The average molecular weight is 254 g/mol. The van der Waals surface area contributed by atoms with Crippen LogP contribution in [0.2, 0.25) is 0 Å². The molecular formula is C14H22O4. The van der Waals surface area contributed by atoms with Crippen molar-refractivity contribution in [2.45, 2.75) is 52.1 Å². The van der Waals surface area contributed by atoms with Crippen LogP contribution < -0.4 is 0 Å². The third-order valence-corrected chi connectivity index (χ3v) is 3.09. The molecule has 18 heavy (non-hydrogen) atoms. The third kappa shape index (κ3) is 2.93. The SMILES string of the molecule is CC(C)(C)OC(=O)[C@H]1C=C[C@@H]1[C@H]1COC(C)(C)O1. The molecule has 1 heterocycles. The zero-order chi connectivity index (χ0) is 13.6. The number of rotatable bonds is 2. The standard InChI is InChI=1S/C14H22O4/c1-13(2,3)18-12(15)10-7-6-9(10)11-8-16-14(4,5)17-11/h6-7,9-11H,8H2,1-5H3/t9-,10-,11+/m0/s1. The molecule has 4 heteroatoms. The van der Waals surface area contributed by atoms with Gasteiger partial charge in [-0.3, -0.25) is 4.79 Å². The summed E-state index contributed by atoms with van der Waals surface area (Å²) in [5.74, 6) is -0.858. The molecule has 0 bridgehead atoms. The molecule has 102 valence electrons. The van der Waals surface area contributed by atoms with Crippen molar-refractivity contribution in [2.75, 3.05) is 6.61 Å². The van der Waals surface area contributed by atoms with Gasteiger partial charge >= 0.3 is 5.97 Å². The molecule has 2 aliphatic rings. The minimum atomic E-state index is -0.549. The Kier molecular flexibility index (Phi) is 3.28. The maximum Gasteiger partial charge on any atom is 0.314 e. The molecule has 0 radical (unpaired) electrons. The highest BCUT2D eigenvalue weighted by molar-refractivity contribution is 5.77. The second-order valence-electron chi connectivity index (χ2n) is 6.39. The van der Waals surface area contributed by atoms with Gasteiger partial charge in [-0.25, -0.2) is 0 Å². The van der Waals surface area contributed by atoms with Gasteiger partial charge in [-0.05, 0) is 34.6 Å². The molecule has 0 aromatic heterocycles. The number of carbonyl (C=O) groups excluding carboxylic acids is 1. The van der Waals surface area contributed by atoms with Crippen LogP contribution in [-0.4, -0.2) is 30.1 Å². The van der Waals surface area contributed by atoms with Gasteiger partial charge in [-0.2, -0.15) is 0 Å². The van der Waals surface area contributed by atoms with Gasteiger partial charge in [0, 0.05) is 5.92 Å². The number of ether oxygens (including phenoxy) is 3. The first-order chi connectivity index (χ1) is 8.18. The van der Waals surface area contributed by atoms with Crippen LogP contribution >= 0.6 is 0 Å². The van der Waals surface area contributed by atoms with Crippen LogP contribution in [0.4, 0.5) is 0 Å². The lowest BCUT2D eigenvalue weighted by Crippen LogP contribution is -2.41. The highest BCUT2D eigenvalue weighted by atomic mass is 16.7. The Bertz CT molecular complexity index is 364. The van der Waals surface area contributed by atoms with Crippen molar-refractivity contribution in [3.63, 3.8) is 0 Å². The summed E-state index contributed by atoms with van der Waals surface area (Å²) in [5, 5.41) is 0. The van der Waals surface area contributed by atoms with Crippen molar-refractivity contribution >= 4 is 5.97 Å². The summed E-state index contributed by atoms with van der Waals surface area (Å²) in [6, 6.07) is 0. The smallest absolute Gasteiger partial charge is 0.314 e. The summed E-state index contributed by atoms with van der Waals surface area (Å²) >= 11 is 0. The summed E-state index contributed by atoms with van der Waals surface area (Å²) in [5.41, 5.74) is -0.447. The Morgan fingerprint density at radius 2 is 2.00 bits per heavy atom. The highest BCUT2D eigenvalue weighted by Crippen LogP contribution is 2.37. The van der Waals surface area contributed by atoms with Crippen molar-refractivity contribution in [1.29, 1.82) is 0 Å². The predicted molar refractivity (Wildman–Crippen MR) is 66.9 cm³/mol. The van der Waals surface area contributed by atoms with Gasteiger partial charge in [0.25, 0.3) is 0 Å². The van der Waals surface area contributed by atoms with E-state index in [-0.39, 0.29) is 23.9 Å². The fraction of sp³-hybridized carbons (Fsp3) is 0.786. The normalized spacial score (nSPS) is 34.2. The van der Waals surface area contributed by atoms with Crippen LogP contribution in [0, 0.1) is 11.8 Å². The van der Waals surface area contributed by atoms with E-state index in [1.807, 2.05) is 46.8 Å². The molecule has 0 aromatic carbocycles. The monoisotopic (exact) mass is 254 g/mol. The fourth-order valence-electron chi connectivity index (χ4n) is 2.22. The Labute approximate surface area is 108 Å². The molecular weight excluding hydrogens is 232 g/mol. The van der Waals surface area contributed by atoms with Gasteiger partial charge in [-0.1, -0.05) is 12.2 Å². The summed E-state index contributed by atoms with van der Waals surface area (Å²) in [6.07, 6.45) is 3.83. The van der Waals surface area contributed by atoms with Crippen LogP contribution in [0.25, 0.3) is 0 Å². The first-order valence-corrected chi connectivity index (χ1v) is 6.41. The number of esters is 1. The van der Waals surface area contributed by atoms with E-state index in [1.165, 1.54) is 0 Å². The molecule has 0 spiro atoms. The van der Waals surface area contributed by atoms with Gasteiger partial charge in [0.2, 0.25) is 0 Å². The van der Waals surface area contributed by atoms with Gasteiger partial charge in [0.15, 0.2) is 5.79 Å². The summed E-state index contributed by atoms with van der Waals surface area (Å²) in [6.45, 7) is 9.93. The van der Waals surface area contributed by atoms with E-state index in [9.17, 15) is 4.79 Å². The average Bonchev–Trinajstić information content (AvgIpc) is 2.39. The van der Waals surface area contributed by atoms with Crippen molar-refractivity contribution in [3.8, 4) is 0 Å². The van der Waals surface area contributed by atoms with Gasteiger partial charge in [0.05, 0.1) is 18.6 Å². The largest absolute Gasteiger partial charge is 0.459 e. The summed E-state index contributed by atoms with van der Waals surface area (Å²) in [7, 11) is 0. The first-order valence-electron chi connectivity index (χ1n) is 6.41. The molecule has 1 saturated heterocycles. The minimum absolute atomic E-state index is 0.0532. The molecule has 0 saturated carbocycles. The van der Waals surface area contributed by atoms with Crippen molar-refractivity contribution in [3.05, 3.63) is 12.2 Å². The van der Waals surface area contributed by atoms with Crippen molar-refractivity contribution in [2.24, 2.45) is 11.8 Å². The van der Waals surface area contributed by atoms with Crippen LogP contribution in [0.1, 0.15) is 34.6 Å². The van der Waals surface area contributed by atoms with Gasteiger partial charge in [0.1, 0.15) is 5.60 Å². The maximum atomic E-state index is 12.0. The molecule has 2 rings (SSSR count). The summed E-state index contributed by atoms with van der Waals surface area (Å²) in [4.78, 5) is 12.0. The number of hydrogen-bond acceptors (Lipinski definition) is 4. The molecule has 0 N–H and O–H groups in total. The molecule has 0 aromatic rings. The Balaban J connectivity index is 1.94. The molecule has 4 nitrogen and oxygen atoms in total. The molecule has 3 atom stereocenters.